The molecule has 1 aliphatic rings. The summed E-state index contributed by atoms with van der Waals surface area (Å²) < 4.78 is 2.31. The minimum Gasteiger partial charge on any atom is -0.335 e. The first-order valence-corrected chi connectivity index (χ1v) is 7.42. The van der Waals surface area contributed by atoms with Crippen LogP contribution in [0.1, 0.15) is 44.3 Å². The van der Waals surface area contributed by atoms with Crippen LogP contribution in [0, 0.1) is 12.3 Å². The molecule has 0 spiro atoms. The highest BCUT2D eigenvalue weighted by atomic mass is 79.9. The van der Waals surface area contributed by atoms with Crippen LogP contribution in [0.5, 0.6) is 0 Å². The Kier molecular flexibility index (Phi) is 4.06. The van der Waals surface area contributed by atoms with Crippen molar-refractivity contribution in [3.05, 3.63) is 18.2 Å². The lowest BCUT2D eigenvalue weighted by atomic mass is 9.82. The molecular formula is C13H21BrN2. The van der Waals surface area contributed by atoms with Crippen molar-refractivity contribution in [2.45, 2.75) is 52.0 Å². The quantitative estimate of drug-likeness (QED) is 0.608. The number of alkyl halides is 1. The van der Waals surface area contributed by atoms with Crippen molar-refractivity contribution in [1.82, 2.24) is 9.55 Å². The van der Waals surface area contributed by atoms with E-state index < -0.39 is 0 Å². The van der Waals surface area contributed by atoms with E-state index in [1.54, 1.807) is 0 Å². The first-order chi connectivity index (χ1) is 7.76. The van der Waals surface area contributed by atoms with E-state index in [-0.39, 0.29) is 0 Å². The van der Waals surface area contributed by atoms with Crippen molar-refractivity contribution in [2.75, 3.05) is 5.33 Å². The first-order valence-electron chi connectivity index (χ1n) is 6.29. The van der Waals surface area contributed by atoms with Crippen LogP contribution in [0.2, 0.25) is 0 Å². The fourth-order valence-electron chi connectivity index (χ4n) is 2.74. The van der Waals surface area contributed by atoms with Gasteiger partial charge in [0.1, 0.15) is 5.82 Å². The maximum Gasteiger partial charge on any atom is 0.105 e. The predicted octanol–water partition coefficient (Wildman–Crippen LogP) is 3.93. The second kappa shape index (κ2) is 5.35. The van der Waals surface area contributed by atoms with Gasteiger partial charge in [0.15, 0.2) is 0 Å². The molecule has 2 rings (SSSR count). The largest absolute Gasteiger partial charge is 0.335 e. The van der Waals surface area contributed by atoms with Gasteiger partial charge >= 0.3 is 0 Å². The van der Waals surface area contributed by atoms with Crippen molar-refractivity contribution in [3.63, 3.8) is 0 Å². The van der Waals surface area contributed by atoms with Gasteiger partial charge in [0.2, 0.25) is 0 Å². The zero-order valence-corrected chi connectivity index (χ0v) is 11.7. The lowest BCUT2D eigenvalue weighted by molar-refractivity contribution is 0.240. The molecule has 0 aromatic carbocycles. The molecule has 3 heteroatoms. The zero-order chi connectivity index (χ0) is 11.4. The second-order valence-corrected chi connectivity index (χ2v) is 5.71. The fraction of sp³-hybridized carbons (Fsp3) is 0.769. The van der Waals surface area contributed by atoms with Gasteiger partial charge in [-0.05, 0) is 25.2 Å². The van der Waals surface area contributed by atoms with Crippen molar-refractivity contribution in [1.29, 1.82) is 0 Å². The number of aromatic nitrogens is 2. The Balaban J connectivity index is 2.11. The molecule has 2 nitrogen and oxygen atoms in total. The Hall–Kier alpha value is -0.310. The molecule has 0 bridgehead atoms. The SMILES string of the molecule is Cc1nccn1CC1(CBr)CCCCCC1. The lowest BCUT2D eigenvalue weighted by Crippen LogP contribution is -2.28. The van der Waals surface area contributed by atoms with Gasteiger partial charge in [-0.3, -0.25) is 0 Å². The standard InChI is InChI=1S/C13H21BrN2/c1-12-15-8-9-16(12)11-13(10-14)6-4-2-3-5-7-13/h8-9H,2-7,10-11H2,1H3. The summed E-state index contributed by atoms with van der Waals surface area (Å²) in [4.78, 5) is 4.32. The highest BCUT2D eigenvalue weighted by Gasteiger charge is 2.30. The van der Waals surface area contributed by atoms with E-state index in [0.29, 0.717) is 5.41 Å². The Morgan fingerprint density at radius 2 is 2.00 bits per heavy atom. The highest BCUT2D eigenvalue weighted by Crippen LogP contribution is 2.38. The number of rotatable bonds is 3. The van der Waals surface area contributed by atoms with E-state index >= 15 is 0 Å². The van der Waals surface area contributed by atoms with Crippen molar-refractivity contribution < 1.29 is 0 Å². The molecule has 1 aromatic heterocycles. The van der Waals surface area contributed by atoms with Gasteiger partial charge in [0.25, 0.3) is 0 Å². The topological polar surface area (TPSA) is 17.8 Å². The molecule has 16 heavy (non-hydrogen) atoms. The van der Waals surface area contributed by atoms with Gasteiger partial charge in [-0.2, -0.15) is 0 Å². The third-order valence-electron chi connectivity index (χ3n) is 3.88. The molecule has 0 saturated heterocycles. The molecule has 0 radical (unpaired) electrons. The number of hydrogen-bond acceptors (Lipinski definition) is 1. The normalized spacial score (nSPS) is 20.6. The molecule has 0 N–H and O–H groups in total. The predicted molar refractivity (Wildman–Crippen MR) is 70.9 cm³/mol. The third-order valence-corrected chi connectivity index (χ3v) is 5.07. The van der Waals surface area contributed by atoms with Crippen LogP contribution in [0.3, 0.4) is 0 Å². The smallest absolute Gasteiger partial charge is 0.105 e. The molecule has 1 aliphatic carbocycles. The van der Waals surface area contributed by atoms with E-state index in [2.05, 4.69) is 38.6 Å². The first kappa shape index (κ1) is 12.2. The molecule has 1 saturated carbocycles. The van der Waals surface area contributed by atoms with Crippen LogP contribution in [0.15, 0.2) is 12.4 Å². The third kappa shape index (κ3) is 2.68. The van der Waals surface area contributed by atoms with Gasteiger partial charge in [0, 0.05) is 24.3 Å². The van der Waals surface area contributed by atoms with Crippen LogP contribution < -0.4 is 0 Å². The molecule has 0 atom stereocenters. The summed E-state index contributed by atoms with van der Waals surface area (Å²) >= 11 is 3.74. The Bertz CT molecular complexity index is 324. The minimum atomic E-state index is 0.460. The number of hydrogen-bond donors (Lipinski definition) is 0. The van der Waals surface area contributed by atoms with Crippen molar-refractivity contribution >= 4 is 15.9 Å². The summed E-state index contributed by atoms with van der Waals surface area (Å²) in [6.07, 6.45) is 12.3. The summed E-state index contributed by atoms with van der Waals surface area (Å²) in [6, 6.07) is 0. The van der Waals surface area contributed by atoms with Crippen LogP contribution >= 0.6 is 15.9 Å². The van der Waals surface area contributed by atoms with Crippen molar-refractivity contribution in [3.8, 4) is 0 Å². The molecule has 1 aromatic rings. The monoisotopic (exact) mass is 284 g/mol. The van der Waals surface area contributed by atoms with E-state index in [1.807, 2.05) is 6.20 Å². The van der Waals surface area contributed by atoms with E-state index in [9.17, 15) is 0 Å². The van der Waals surface area contributed by atoms with Gasteiger partial charge in [0.05, 0.1) is 0 Å². The van der Waals surface area contributed by atoms with Crippen LogP contribution in [-0.4, -0.2) is 14.9 Å². The van der Waals surface area contributed by atoms with E-state index in [4.69, 9.17) is 0 Å². The Morgan fingerprint density at radius 1 is 1.31 bits per heavy atom. The minimum absolute atomic E-state index is 0.460. The lowest BCUT2D eigenvalue weighted by Gasteiger charge is -2.31. The highest BCUT2D eigenvalue weighted by molar-refractivity contribution is 9.09. The van der Waals surface area contributed by atoms with Gasteiger partial charge < -0.3 is 4.57 Å². The van der Waals surface area contributed by atoms with Crippen LogP contribution in [0.25, 0.3) is 0 Å². The summed E-state index contributed by atoms with van der Waals surface area (Å²) in [7, 11) is 0. The zero-order valence-electron chi connectivity index (χ0n) is 10.1. The summed E-state index contributed by atoms with van der Waals surface area (Å²) in [5.41, 5.74) is 0.460. The second-order valence-electron chi connectivity index (χ2n) is 5.15. The average Bonchev–Trinajstić information content (AvgIpc) is 2.56. The summed E-state index contributed by atoms with van der Waals surface area (Å²) in [6.45, 7) is 3.22. The molecule has 90 valence electrons. The van der Waals surface area contributed by atoms with E-state index in [1.165, 1.54) is 38.5 Å². The van der Waals surface area contributed by atoms with Crippen LogP contribution in [0.4, 0.5) is 0 Å². The van der Waals surface area contributed by atoms with Gasteiger partial charge in [-0.15, -0.1) is 0 Å². The molecule has 0 unspecified atom stereocenters. The Labute approximate surface area is 107 Å². The average molecular weight is 285 g/mol. The molecule has 0 aliphatic heterocycles. The maximum absolute atomic E-state index is 4.32. The Morgan fingerprint density at radius 3 is 2.50 bits per heavy atom. The maximum atomic E-state index is 4.32. The molecule has 0 amide bonds. The number of halogens is 1. The summed E-state index contributed by atoms with van der Waals surface area (Å²) in [5, 5.41) is 1.12. The molecular weight excluding hydrogens is 264 g/mol. The fourth-order valence-corrected chi connectivity index (χ4v) is 3.48. The molecule has 1 fully saturated rings. The molecule has 1 heterocycles. The van der Waals surface area contributed by atoms with E-state index in [0.717, 1.165) is 17.7 Å². The number of aryl methyl sites for hydroxylation is 1. The number of nitrogens with zero attached hydrogens (tertiary/aromatic N) is 2. The summed E-state index contributed by atoms with van der Waals surface area (Å²) in [5.74, 6) is 1.14. The van der Waals surface area contributed by atoms with Gasteiger partial charge in [-0.1, -0.05) is 41.6 Å². The number of imidazole rings is 1. The van der Waals surface area contributed by atoms with Crippen LogP contribution in [-0.2, 0) is 6.54 Å². The van der Waals surface area contributed by atoms with Gasteiger partial charge in [-0.25, -0.2) is 4.98 Å². The van der Waals surface area contributed by atoms with Crippen molar-refractivity contribution in [2.24, 2.45) is 5.41 Å².